The number of likely N-dealkylation sites (N-methyl/N-ethyl adjacent to an activating group) is 1. The van der Waals surface area contributed by atoms with E-state index in [2.05, 4.69) is 5.32 Å². The molecule has 26 heavy (non-hydrogen) atoms. The Bertz CT molecular complexity index is 691. The molecule has 0 spiro atoms. The number of alkyl carbamates (subject to hydrolysis) is 1. The van der Waals surface area contributed by atoms with Crippen molar-refractivity contribution >= 4 is 12.0 Å². The first-order chi connectivity index (χ1) is 12.6. The van der Waals surface area contributed by atoms with E-state index in [9.17, 15) is 9.59 Å². The molecule has 0 aliphatic rings. The Balaban J connectivity index is 1.93. The Morgan fingerprint density at radius 3 is 2.15 bits per heavy atom. The van der Waals surface area contributed by atoms with Crippen molar-refractivity contribution in [1.29, 1.82) is 0 Å². The van der Waals surface area contributed by atoms with Gasteiger partial charge in [-0.05, 0) is 24.0 Å². The molecular weight excluding hydrogens is 332 g/mol. The highest BCUT2D eigenvalue weighted by Crippen LogP contribution is 2.08. The third kappa shape index (κ3) is 6.22. The van der Waals surface area contributed by atoms with Crippen LogP contribution in [-0.4, -0.2) is 37.3 Å². The van der Waals surface area contributed by atoms with Crippen molar-refractivity contribution in [3.8, 4) is 0 Å². The third-order valence-electron chi connectivity index (χ3n) is 3.95. The molecule has 2 aromatic rings. The van der Waals surface area contributed by atoms with Gasteiger partial charge in [0.2, 0.25) is 0 Å². The number of aryl methyl sites for hydroxylation is 1. The Morgan fingerprint density at radius 1 is 1.00 bits per heavy atom. The van der Waals surface area contributed by atoms with Crippen LogP contribution in [0.4, 0.5) is 4.79 Å². The first kappa shape index (κ1) is 19.5. The van der Waals surface area contributed by atoms with E-state index in [1.165, 1.54) is 14.2 Å². The smallest absolute Gasteiger partial charge is 0.408 e. The van der Waals surface area contributed by atoms with E-state index < -0.39 is 12.1 Å². The quantitative estimate of drug-likeness (QED) is 0.739. The lowest BCUT2D eigenvalue weighted by atomic mass is 10.0. The highest BCUT2D eigenvalue weighted by molar-refractivity contribution is 5.84. The second-order valence-electron chi connectivity index (χ2n) is 5.80. The van der Waals surface area contributed by atoms with Gasteiger partial charge in [0.1, 0.15) is 12.6 Å². The molecule has 1 atom stereocenters. The molecule has 1 N–H and O–H groups in total. The molecule has 0 heterocycles. The number of benzene rings is 2. The summed E-state index contributed by atoms with van der Waals surface area (Å²) in [5.41, 5.74) is 1.97. The van der Waals surface area contributed by atoms with E-state index in [-0.39, 0.29) is 12.5 Å². The van der Waals surface area contributed by atoms with Crippen molar-refractivity contribution in [2.45, 2.75) is 25.5 Å². The number of rotatable bonds is 8. The molecule has 0 aliphatic heterocycles. The van der Waals surface area contributed by atoms with Crippen LogP contribution in [-0.2, 0) is 27.4 Å². The number of carbonyl (C=O) groups is 2. The summed E-state index contributed by atoms with van der Waals surface area (Å²) in [7, 11) is 2.91. The van der Waals surface area contributed by atoms with Crippen molar-refractivity contribution in [2.75, 3.05) is 14.2 Å². The van der Waals surface area contributed by atoms with Gasteiger partial charge in [-0.3, -0.25) is 9.63 Å². The topological polar surface area (TPSA) is 67.9 Å². The molecule has 0 fully saturated rings. The van der Waals surface area contributed by atoms with Crippen LogP contribution in [0.1, 0.15) is 17.5 Å². The van der Waals surface area contributed by atoms with Crippen LogP contribution in [0, 0.1) is 0 Å². The predicted molar refractivity (Wildman–Crippen MR) is 98.1 cm³/mol. The molecule has 0 saturated heterocycles. The molecule has 0 aliphatic carbocycles. The SMILES string of the molecule is CON(C)C(=O)C(CCc1ccccc1)NC(=O)OCc1ccccc1. The van der Waals surface area contributed by atoms with Crippen LogP contribution >= 0.6 is 0 Å². The number of hydrogen-bond donors (Lipinski definition) is 1. The zero-order valence-corrected chi connectivity index (χ0v) is 15.1. The Labute approximate surface area is 153 Å². The van der Waals surface area contributed by atoms with Gasteiger partial charge in [0, 0.05) is 7.05 Å². The van der Waals surface area contributed by atoms with Crippen molar-refractivity contribution in [3.63, 3.8) is 0 Å². The lowest BCUT2D eigenvalue weighted by Gasteiger charge is -2.22. The Hall–Kier alpha value is -2.86. The molecule has 0 bridgehead atoms. The molecule has 6 heteroatoms. The second-order valence-corrected chi connectivity index (χ2v) is 5.80. The molecule has 2 aromatic carbocycles. The number of hydrogen-bond acceptors (Lipinski definition) is 4. The predicted octanol–water partition coefficient (Wildman–Crippen LogP) is 2.93. The van der Waals surface area contributed by atoms with E-state index in [0.29, 0.717) is 12.8 Å². The van der Waals surface area contributed by atoms with Crippen molar-refractivity contribution < 1.29 is 19.2 Å². The fourth-order valence-corrected chi connectivity index (χ4v) is 2.43. The summed E-state index contributed by atoms with van der Waals surface area (Å²) < 4.78 is 5.21. The molecule has 0 saturated carbocycles. The highest BCUT2D eigenvalue weighted by Gasteiger charge is 2.24. The van der Waals surface area contributed by atoms with E-state index in [0.717, 1.165) is 16.2 Å². The number of carbonyl (C=O) groups excluding carboxylic acids is 2. The summed E-state index contributed by atoms with van der Waals surface area (Å²) in [5, 5.41) is 3.74. The first-order valence-electron chi connectivity index (χ1n) is 8.43. The monoisotopic (exact) mass is 356 g/mol. The highest BCUT2D eigenvalue weighted by atomic mass is 16.7. The maximum Gasteiger partial charge on any atom is 0.408 e. The van der Waals surface area contributed by atoms with Crippen LogP contribution in [0.25, 0.3) is 0 Å². The lowest BCUT2D eigenvalue weighted by Crippen LogP contribution is -2.47. The van der Waals surface area contributed by atoms with Gasteiger partial charge in [-0.2, -0.15) is 0 Å². The molecule has 138 valence electrons. The maximum absolute atomic E-state index is 12.4. The number of nitrogens with zero attached hydrogens (tertiary/aromatic N) is 1. The summed E-state index contributed by atoms with van der Waals surface area (Å²) in [6.45, 7) is 0.145. The van der Waals surface area contributed by atoms with Crippen LogP contribution in [0.15, 0.2) is 60.7 Å². The van der Waals surface area contributed by atoms with Gasteiger partial charge in [-0.1, -0.05) is 60.7 Å². The van der Waals surface area contributed by atoms with Gasteiger partial charge in [0.05, 0.1) is 7.11 Å². The first-order valence-corrected chi connectivity index (χ1v) is 8.43. The van der Waals surface area contributed by atoms with Gasteiger partial charge in [0.15, 0.2) is 0 Å². The minimum absolute atomic E-state index is 0.145. The number of nitrogens with one attached hydrogen (secondary N) is 1. The van der Waals surface area contributed by atoms with Crippen LogP contribution in [0.5, 0.6) is 0 Å². The zero-order valence-electron chi connectivity index (χ0n) is 15.1. The largest absolute Gasteiger partial charge is 0.445 e. The minimum Gasteiger partial charge on any atom is -0.445 e. The van der Waals surface area contributed by atoms with Gasteiger partial charge in [0.25, 0.3) is 5.91 Å². The molecule has 2 amide bonds. The molecule has 1 unspecified atom stereocenters. The van der Waals surface area contributed by atoms with Gasteiger partial charge >= 0.3 is 6.09 Å². The average Bonchev–Trinajstić information content (AvgIpc) is 2.70. The molecule has 0 aromatic heterocycles. The maximum atomic E-state index is 12.4. The molecular formula is C20H24N2O4. The Morgan fingerprint density at radius 2 is 1.58 bits per heavy atom. The third-order valence-corrected chi connectivity index (χ3v) is 3.95. The van der Waals surface area contributed by atoms with Crippen LogP contribution in [0.3, 0.4) is 0 Å². The number of ether oxygens (including phenoxy) is 1. The molecule has 6 nitrogen and oxygen atoms in total. The van der Waals surface area contributed by atoms with E-state index in [4.69, 9.17) is 9.57 Å². The lowest BCUT2D eigenvalue weighted by molar-refractivity contribution is -0.171. The fourth-order valence-electron chi connectivity index (χ4n) is 2.43. The van der Waals surface area contributed by atoms with Crippen LogP contribution in [0.2, 0.25) is 0 Å². The molecule has 2 rings (SSSR count). The number of amides is 2. The van der Waals surface area contributed by atoms with Crippen molar-refractivity contribution in [3.05, 3.63) is 71.8 Å². The Kier molecular flexibility index (Phi) is 7.64. The van der Waals surface area contributed by atoms with Gasteiger partial charge < -0.3 is 10.1 Å². The summed E-state index contributed by atoms with van der Waals surface area (Å²) in [6.07, 6.45) is 0.454. The summed E-state index contributed by atoms with van der Waals surface area (Å²) >= 11 is 0. The molecule has 0 radical (unpaired) electrons. The summed E-state index contributed by atoms with van der Waals surface area (Å²) in [5.74, 6) is -0.333. The van der Waals surface area contributed by atoms with E-state index >= 15 is 0 Å². The van der Waals surface area contributed by atoms with Crippen molar-refractivity contribution in [2.24, 2.45) is 0 Å². The summed E-state index contributed by atoms with van der Waals surface area (Å²) in [6, 6.07) is 18.4. The van der Waals surface area contributed by atoms with Gasteiger partial charge in [-0.25, -0.2) is 9.86 Å². The van der Waals surface area contributed by atoms with Crippen molar-refractivity contribution in [1.82, 2.24) is 10.4 Å². The normalized spacial score (nSPS) is 11.5. The van der Waals surface area contributed by atoms with Crippen LogP contribution < -0.4 is 5.32 Å². The van der Waals surface area contributed by atoms with E-state index in [1.807, 2.05) is 60.7 Å². The number of hydroxylamine groups is 2. The summed E-state index contributed by atoms with van der Waals surface area (Å²) in [4.78, 5) is 29.5. The average molecular weight is 356 g/mol. The van der Waals surface area contributed by atoms with E-state index in [1.54, 1.807) is 0 Å². The zero-order chi connectivity index (χ0) is 18.8. The fraction of sp³-hybridized carbons (Fsp3) is 0.300. The van der Waals surface area contributed by atoms with Gasteiger partial charge in [-0.15, -0.1) is 0 Å². The second kappa shape index (κ2) is 10.2. The minimum atomic E-state index is -0.733. The standard InChI is InChI=1S/C20H24N2O4/c1-22(25-2)19(23)18(14-13-16-9-5-3-6-10-16)21-20(24)26-15-17-11-7-4-8-12-17/h3-12,18H,13-15H2,1-2H3,(H,21,24).